The molecule has 3 aliphatic rings. The van der Waals surface area contributed by atoms with Gasteiger partial charge in [0.25, 0.3) is 11.8 Å². The third kappa shape index (κ3) is 6.96. The van der Waals surface area contributed by atoms with Crippen LogP contribution in [0.5, 0.6) is 0 Å². The van der Waals surface area contributed by atoms with Gasteiger partial charge in [0.05, 0.1) is 23.1 Å². The molecule has 5 rings (SSSR count). The lowest BCUT2D eigenvalue weighted by molar-refractivity contribution is -0.124. The van der Waals surface area contributed by atoms with Crippen LogP contribution in [0.1, 0.15) is 55.6 Å². The number of hydrogen-bond acceptors (Lipinski definition) is 7. The first-order chi connectivity index (χ1) is 21.2. The predicted octanol–water partition coefficient (Wildman–Crippen LogP) is 5.54. The first-order valence-corrected chi connectivity index (χ1v) is 15.8. The maximum atomic E-state index is 15.9. The molecule has 3 heterocycles. The number of rotatable bonds is 6. The monoisotopic (exact) mass is 648 g/mol. The lowest BCUT2D eigenvalue weighted by atomic mass is 9.94. The Kier molecular flexibility index (Phi) is 9.45. The molecule has 3 atom stereocenters. The molecule has 0 bridgehead atoms. The van der Waals surface area contributed by atoms with Crippen molar-refractivity contribution in [2.45, 2.75) is 70.3 Å². The number of carbonyl (C=O) groups is 3. The quantitative estimate of drug-likeness (QED) is 0.414. The smallest absolute Gasteiger partial charge is 0.367 e. The Bertz CT molecular complexity index is 1520. The summed E-state index contributed by atoms with van der Waals surface area (Å²) in [7, 11) is 3.73. The van der Waals surface area contributed by atoms with E-state index in [1.165, 1.54) is 18.3 Å². The Morgan fingerprint density at radius 2 is 1.76 bits per heavy atom. The normalized spacial score (nSPS) is 23.2. The van der Waals surface area contributed by atoms with E-state index < -0.39 is 35.3 Å². The van der Waals surface area contributed by atoms with Crippen molar-refractivity contribution in [1.29, 1.82) is 0 Å². The number of carbonyl (C=O) groups excluding carboxylic acids is 3. The van der Waals surface area contributed by atoms with Gasteiger partial charge in [0.2, 0.25) is 5.91 Å². The summed E-state index contributed by atoms with van der Waals surface area (Å²) in [5, 5.41) is 2.75. The zero-order valence-corrected chi connectivity index (χ0v) is 26.3. The van der Waals surface area contributed by atoms with Gasteiger partial charge < -0.3 is 15.1 Å². The molecule has 1 aliphatic carbocycles. The van der Waals surface area contributed by atoms with E-state index in [9.17, 15) is 27.6 Å². The fourth-order valence-corrected chi connectivity index (χ4v) is 7.08. The lowest BCUT2D eigenvalue weighted by Gasteiger charge is -2.44. The number of thiazole rings is 1. The molecule has 242 valence electrons. The number of alkyl halides is 3. The van der Waals surface area contributed by atoms with Gasteiger partial charge in [-0.15, -0.1) is 11.3 Å². The van der Waals surface area contributed by atoms with Gasteiger partial charge in [-0.25, -0.2) is 14.4 Å². The maximum absolute atomic E-state index is 15.9. The summed E-state index contributed by atoms with van der Waals surface area (Å²) in [6.45, 7) is 4.94. The number of amides is 3. The van der Waals surface area contributed by atoms with Crippen molar-refractivity contribution in [3.8, 4) is 10.6 Å². The minimum absolute atomic E-state index is 0.00674. The average Bonchev–Trinajstić information content (AvgIpc) is 3.49. The molecule has 1 saturated heterocycles. The molecular weight excluding hydrogens is 612 g/mol. The second kappa shape index (κ2) is 13.0. The molecule has 45 heavy (non-hydrogen) atoms. The Morgan fingerprint density at radius 1 is 1.09 bits per heavy atom. The number of nitrogens with one attached hydrogen (secondary N) is 1. The van der Waals surface area contributed by atoms with Crippen molar-refractivity contribution >= 4 is 46.6 Å². The van der Waals surface area contributed by atoms with Crippen molar-refractivity contribution in [3.05, 3.63) is 40.7 Å². The van der Waals surface area contributed by atoms with Crippen LogP contribution in [0, 0.1) is 11.7 Å². The van der Waals surface area contributed by atoms with Crippen LogP contribution in [0.15, 0.2) is 35.0 Å². The van der Waals surface area contributed by atoms with Gasteiger partial charge in [-0.05, 0) is 39.8 Å². The number of anilines is 2. The molecule has 1 saturated carbocycles. The largest absolute Gasteiger partial charge is 0.414 e. The highest BCUT2D eigenvalue weighted by molar-refractivity contribution is 7.16. The van der Waals surface area contributed by atoms with Crippen LogP contribution in [-0.4, -0.2) is 90.2 Å². The number of nitrogens with zero attached hydrogens (tertiary/aromatic N) is 5. The van der Waals surface area contributed by atoms with E-state index in [1.54, 1.807) is 11.9 Å². The van der Waals surface area contributed by atoms with E-state index in [0.717, 1.165) is 43.4 Å². The fourth-order valence-electron chi connectivity index (χ4n) is 6.16. The summed E-state index contributed by atoms with van der Waals surface area (Å²) in [4.78, 5) is 52.0. The molecule has 2 aromatic rings. The minimum Gasteiger partial charge on any atom is -0.367 e. The number of likely N-dealkylation sites (N-methyl/N-ethyl adjacent to an activating group) is 1. The third-order valence-electron chi connectivity index (χ3n) is 9.01. The van der Waals surface area contributed by atoms with Crippen molar-refractivity contribution in [3.63, 3.8) is 0 Å². The SMILES string of the molecule is C[C@@H]1CN(c2cc(F)c(-c3ncc(C(=O)N(C)C4CCCCC4)s3)cc2NC(=O)C2C=NC(=O)C=C2C(F)(F)F)C[C@H](C)N1C. The highest BCUT2D eigenvalue weighted by Crippen LogP contribution is 2.39. The molecule has 1 unspecified atom stereocenters. The second-order valence-electron chi connectivity index (χ2n) is 12.0. The van der Waals surface area contributed by atoms with Crippen molar-refractivity contribution in [2.24, 2.45) is 10.9 Å². The van der Waals surface area contributed by atoms with Gasteiger partial charge in [0, 0.05) is 62.2 Å². The molecule has 2 aliphatic heterocycles. The van der Waals surface area contributed by atoms with Crippen LogP contribution >= 0.6 is 11.3 Å². The highest BCUT2D eigenvalue weighted by atomic mass is 32.1. The number of halogens is 4. The zero-order valence-electron chi connectivity index (χ0n) is 25.5. The Hall–Kier alpha value is -3.65. The standard InChI is InChI=1S/C31H36F4N6O3S/c1-17-15-41(16-18(2)39(17)3)25-12-23(32)20(29-37-14-26(45-29)30(44)40(4)19-8-6-5-7-9-19)10-24(25)38-28(43)21-13-36-27(42)11-22(21)31(33,34)35/h10-14,17-19,21H,5-9,15-16H2,1-4H3,(H,38,43)/t17-,18+,21?. The minimum atomic E-state index is -4.95. The Balaban J connectivity index is 1.50. The number of piperazine rings is 1. The molecule has 0 radical (unpaired) electrons. The molecule has 0 spiro atoms. The van der Waals surface area contributed by atoms with E-state index in [2.05, 4.69) is 20.2 Å². The zero-order chi connectivity index (χ0) is 32.6. The average molecular weight is 649 g/mol. The first kappa shape index (κ1) is 32.7. The fraction of sp³-hybridized carbons (Fsp3) is 0.516. The Labute approximate surface area is 263 Å². The van der Waals surface area contributed by atoms with Gasteiger partial charge >= 0.3 is 6.18 Å². The van der Waals surface area contributed by atoms with E-state index in [0.29, 0.717) is 35.9 Å². The van der Waals surface area contributed by atoms with Crippen molar-refractivity contribution in [2.75, 3.05) is 37.4 Å². The second-order valence-corrected chi connectivity index (χ2v) is 13.1. The molecule has 1 N–H and O–H groups in total. The van der Waals surface area contributed by atoms with Gasteiger partial charge in [0.1, 0.15) is 21.6 Å². The third-order valence-corrected chi connectivity index (χ3v) is 10.0. The van der Waals surface area contributed by atoms with Crippen LogP contribution < -0.4 is 10.2 Å². The predicted molar refractivity (Wildman–Crippen MR) is 165 cm³/mol. The van der Waals surface area contributed by atoms with Gasteiger partial charge in [-0.3, -0.25) is 19.3 Å². The number of benzene rings is 1. The van der Waals surface area contributed by atoms with E-state index >= 15 is 4.39 Å². The molecule has 2 fully saturated rings. The molecule has 1 aromatic heterocycles. The van der Waals surface area contributed by atoms with Crippen LogP contribution in [-0.2, 0) is 9.59 Å². The van der Waals surface area contributed by atoms with Crippen LogP contribution in [0.2, 0.25) is 0 Å². The van der Waals surface area contributed by atoms with Crippen molar-refractivity contribution < 1.29 is 31.9 Å². The van der Waals surface area contributed by atoms with Crippen LogP contribution in [0.3, 0.4) is 0 Å². The maximum Gasteiger partial charge on any atom is 0.414 e. The topological polar surface area (TPSA) is 98.2 Å². The summed E-state index contributed by atoms with van der Waals surface area (Å²) in [5.74, 6) is -4.94. The summed E-state index contributed by atoms with van der Waals surface area (Å²) < 4.78 is 57.2. The number of aliphatic imine (C=N–C) groups is 1. The summed E-state index contributed by atoms with van der Waals surface area (Å²) in [5.41, 5.74) is -0.971. The first-order valence-electron chi connectivity index (χ1n) is 15.0. The highest BCUT2D eigenvalue weighted by Gasteiger charge is 2.43. The van der Waals surface area contributed by atoms with E-state index in [4.69, 9.17) is 0 Å². The number of hydrogen-bond donors (Lipinski definition) is 1. The lowest BCUT2D eigenvalue weighted by Crippen LogP contribution is -2.55. The molecule has 9 nitrogen and oxygen atoms in total. The number of dihydropyridines is 1. The summed E-state index contributed by atoms with van der Waals surface area (Å²) in [6, 6.07) is 2.83. The van der Waals surface area contributed by atoms with E-state index in [1.807, 2.05) is 25.8 Å². The molecule has 14 heteroatoms. The summed E-state index contributed by atoms with van der Waals surface area (Å²) >= 11 is 1.01. The Morgan fingerprint density at radius 3 is 2.40 bits per heavy atom. The van der Waals surface area contributed by atoms with Gasteiger partial charge in [-0.1, -0.05) is 19.3 Å². The van der Waals surface area contributed by atoms with Gasteiger partial charge in [0.15, 0.2) is 0 Å². The summed E-state index contributed by atoms with van der Waals surface area (Å²) in [6.07, 6.45) is 2.51. The molecule has 1 aromatic carbocycles. The van der Waals surface area contributed by atoms with E-state index in [-0.39, 0.29) is 40.3 Å². The van der Waals surface area contributed by atoms with Crippen molar-refractivity contribution in [1.82, 2.24) is 14.8 Å². The van der Waals surface area contributed by atoms with Crippen LogP contribution in [0.25, 0.3) is 10.6 Å². The number of aromatic nitrogens is 1. The molecule has 3 amide bonds. The molecular formula is C31H36F4N6O3S. The van der Waals surface area contributed by atoms with Crippen LogP contribution in [0.4, 0.5) is 28.9 Å². The van der Waals surface area contributed by atoms with Gasteiger partial charge in [-0.2, -0.15) is 13.2 Å².